The lowest BCUT2D eigenvalue weighted by molar-refractivity contribution is -0.0937. The largest absolute Gasteiger partial charge is 0.437 e. The van der Waals surface area contributed by atoms with Crippen molar-refractivity contribution in [2.75, 3.05) is 0 Å². The molecule has 0 N–H and O–H groups in total. The Balaban J connectivity index is 5.79. The van der Waals surface area contributed by atoms with E-state index in [0.29, 0.717) is 0 Å². The van der Waals surface area contributed by atoms with Crippen LogP contribution >= 0.6 is 21.4 Å². The fourth-order valence-electron chi connectivity index (χ4n) is 0.284. The third-order valence-electron chi connectivity index (χ3n) is 0.951. The van der Waals surface area contributed by atoms with Crippen LogP contribution in [0.1, 0.15) is 0 Å². The molecule has 0 radical (unpaired) electrons. The second kappa shape index (κ2) is 3.35. The SMILES string of the molecule is O=S(=O)(Cl)C(F)(F)C(F)(F)S(=O)(=O)Cl. The molecule has 12 heteroatoms. The summed E-state index contributed by atoms with van der Waals surface area (Å²) in [5, 5.41) is -12.0. The Labute approximate surface area is 84.6 Å². The summed E-state index contributed by atoms with van der Waals surface area (Å²) in [6.07, 6.45) is 0. The van der Waals surface area contributed by atoms with Gasteiger partial charge in [-0.3, -0.25) is 0 Å². The molecule has 0 aliphatic carbocycles. The molecular formula is C2Cl2F4O4S2. The summed E-state index contributed by atoms with van der Waals surface area (Å²) in [7, 11) is -4.37. The smallest absolute Gasteiger partial charge is 0.206 e. The Morgan fingerprint density at radius 1 is 0.714 bits per heavy atom. The molecular weight excluding hydrogens is 299 g/mol. The van der Waals surface area contributed by atoms with Gasteiger partial charge in [-0.1, -0.05) is 0 Å². The van der Waals surface area contributed by atoms with Crippen LogP contribution in [0, 0.1) is 0 Å². The highest BCUT2D eigenvalue weighted by atomic mass is 35.7. The quantitative estimate of drug-likeness (QED) is 0.582. The third-order valence-corrected chi connectivity index (χ3v) is 3.98. The van der Waals surface area contributed by atoms with Crippen molar-refractivity contribution in [1.82, 2.24) is 0 Å². The zero-order valence-corrected chi connectivity index (χ0v) is 8.86. The van der Waals surface area contributed by atoms with Gasteiger partial charge in [0.25, 0.3) is 0 Å². The topological polar surface area (TPSA) is 68.3 Å². The average molecular weight is 299 g/mol. The summed E-state index contributed by atoms with van der Waals surface area (Å²) in [6, 6.07) is 0. The highest BCUT2D eigenvalue weighted by Gasteiger charge is 2.72. The van der Waals surface area contributed by atoms with Crippen molar-refractivity contribution in [2.24, 2.45) is 0 Å². The summed E-state index contributed by atoms with van der Waals surface area (Å²) in [5.41, 5.74) is 0. The first-order valence-electron chi connectivity index (χ1n) is 2.39. The van der Waals surface area contributed by atoms with Crippen molar-refractivity contribution < 1.29 is 34.4 Å². The lowest BCUT2D eigenvalue weighted by atomic mass is 10.7. The van der Waals surface area contributed by atoms with E-state index in [1.165, 1.54) is 0 Å². The van der Waals surface area contributed by atoms with Crippen LogP contribution in [0.2, 0.25) is 0 Å². The van der Waals surface area contributed by atoms with Crippen LogP contribution in [0.15, 0.2) is 0 Å². The fourth-order valence-corrected chi connectivity index (χ4v) is 2.37. The van der Waals surface area contributed by atoms with Gasteiger partial charge in [0, 0.05) is 21.4 Å². The Hall–Kier alpha value is 0.200. The second-order valence-corrected chi connectivity index (χ2v) is 7.12. The minimum Gasteiger partial charge on any atom is -0.206 e. The Bertz CT molecular complexity index is 382. The number of alkyl halides is 4. The van der Waals surface area contributed by atoms with Crippen LogP contribution < -0.4 is 0 Å². The van der Waals surface area contributed by atoms with E-state index in [9.17, 15) is 34.4 Å². The van der Waals surface area contributed by atoms with E-state index in [0.717, 1.165) is 0 Å². The van der Waals surface area contributed by atoms with E-state index >= 15 is 0 Å². The molecule has 0 spiro atoms. The molecule has 0 aliphatic rings. The maximum atomic E-state index is 12.3. The number of hydrogen-bond acceptors (Lipinski definition) is 4. The molecule has 0 aliphatic heterocycles. The lowest BCUT2D eigenvalue weighted by Crippen LogP contribution is -2.48. The van der Waals surface area contributed by atoms with E-state index in [2.05, 4.69) is 21.4 Å². The maximum absolute atomic E-state index is 12.3. The Morgan fingerprint density at radius 2 is 0.857 bits per heavy atom. The fraction of sp³-hybridized carbons (Fsp3) is 1.00. The third kappa shape index (κ3) is 2.07. The van der Waals surface area contributed by atoms with Crippen LogP contribution in [-0.2, 0) is 18.1 Å². The predicted molar refractivity (Wildman–Crippen MR) is 39.4 cm³/mol. The van der Waals surface area contributed by atoms with Gasteiger partial charge in [0.15, 0.2) is 0 Å². The van der Waals surface area contributed by atoms with Gasteiger partial charge in [-0.15, -0.1) is 0 Å². The Morgan fingerprint density at radius 3 is 0.929 bits per heavy atom. The van der Waals surface area contributed by atoms with Crippen molar-refractivity contribution >= 4 is 39.5 Å². The monoisotopic (exact) mass is 298 g/mol. The van der Waals surface area contributed by atoms with Crippen LogP contribution in [0.25, 0.3) is 0 Å². The Kier molecular flexibility index (Phi) is 3.40. The summed E-state index contributed by atoms with van der Waals surface area (Å²) in [4.78, 5) is 0. The van der Waals surface area contributed by atoms with Gasteiger partial charge in [0.1, 0.15) is 0 Å². The first-order valence-corrected chi connectivity index (χ1v) is 7.01. The molecule has 0 rings (SSSR count). The van der Waals surface area contributed by atoms with Crippen molar-refractivity contribution in [3.05, 3.63) is 0 Å². The van der Waals surface area contributed by atoms with Gasteiger partial charge in [-0.05, 0) is 0 Å². The molecule has 0 aromatic heterocycles. The predicted octanol–water partition coefficient (Wildman–Crippen LogP) is 1.31. The molecule has 0 saturated heterocycles. The zero-order chi connectivity index (χ0) is 12.0. The average Bonchev–Trinajstić information content (AvgIpc) is 1.81. The van der Waals surface area contributed by atoms with E-state index in [4.69, 9.17) is 0 Å². The van der Waals surface area contributed by atoms with Gasteiger partial charge >= 0.3 is 28.6 Å². The molecule has 4 nitrogen and oxygen atoms in total. The minimum atomic E-state index is -6.12. The van der Waals surface area contributed by atoms with Crippen molar-refractivity contribution in [1.29, 1.82) is 0 Å². The van der Waals surface area contributed by atoms with Gasteiger partial charge in [0.2, 0.25) is 0 Å². The normalized spacial score (nSPS) is 15.6. The van der Waals surface area contributed by atoms with E-state index in [1.807, 2.05) is 0 Å². The van der Waals surface area contributed by atoms with E-state index < -0.39 is 28.6 Å². The number of halogens is 6. The molecule has 0 bridgehead atoms. The van der Waals surface area contributed by atoms with Crippen molar-refractivity contribution in [2.45, 2.75) is 10.5 Å². The molecule has 0 saturated carbocycles. The van der Waals surface area contributed by atoms with Gasteiger partial charge in [0.05, 0.1) is 0 Å². The van der Waals surface area contributed by atoms with E-state index in [1.54, 1.807) is 0 Å². The highest BCUT2D eigenvalue weighted by Crippen LogP contribution is 2.45. The minimum absolute atomic E-state index is 3.93. The summed E-state index contributed by atoms with van der Waals surface area (Å²) >= 11 is 0. The molecule has 86 valence electrons. The van der Waals surface area contributed by atoms with Crippen LogP contribution in [-0.4, -0.2) is 27.3 Å². The second-order valence-electron chi connectivity index (χ2n) is 1.91. The molecule has 0 aromatic rings. The van der Waals surface area contributed by atoms with Crippen molar-refractivity contribution in [3.63, 3.8) is 0 Å². The van der Waals surface area contributed by atoms with Gasteiger partial charge in [-0.2, -0.15) is 17.6 Å². The summed E-state index contributed by atoms with van der Waals surface area (Å²) < 4.78 is 88.9. The molecule has 0 amide bonds. The lowest BCUT2D eigenvalue weighted by Gasteiger charge is -2.20. The standard InChI is InChI=1S/C2Cl2F4O4S2/c3-13(9,10)1(5,6)2(7,8)14(4,11)12. The highest BCUT2D eigenvalue weighted by molar-refractivity contribution is 8.18. The summed E-state index contributed by atoms with van der Waals surface area (Å²) in [6.45, 7) is 0. The van der Waals surface area contributed by atoms with Crippen LogP contribution in [0.5, 0.6) is 0 Å². The van der Waals surface area contributed by atoms with Gasteiger partial charge < -0.3 is 0 Å². The molecule has 0 fully saturated rings. The molecule has 0 aromatic carbocycles. The zero-order valence-electron chi connectivity index (χ0n) is 5.72. The molecule has 14 heavy (non-hydrogen) atoms. The van der Waals surface area contributed by atoms with Gasteiger partial charge in [-0.25, -0.2) is 16.8 Å². The number of rotatable bonds is 3. The first kappa shape index (κ1) is 14.2. The number of hydrogen-bond donors (Lipinski definition) is 0. The van der Waals surface area contributed by atoms with E-state index in [-0.39, 0.29) is 0 Å². The summed E-state index contributed by atoms with van der Waals surface area (Å²) in [5.74, 6) is 0. The molecule has 0 atom stereocenters. The maximum Gasteiger partial charge on any atom is 0.437 e. The van der Waals surface area contributed by atoms with Crippen LogP contribution in [0.3, 0.4) is 0 Å². The molecule has 0 unspecified atom stereocenters. The molecule has 0 heterocycles. The van der Waals surface area contributed by atoms with Crippen molar-refractivity contribution in [3.8, 4) is 0 Å². The first-order chi connectivity index (χ1) is 5.75. The van der Waals surface area contributed by atoms with Crippen LogP contribution in [0.4, 0.5) is 17.6 Å².